The second kappa shape index (κ2) is 8.57. The number of carbonyl (C=O) groups is 1. The Bertz CT molecular complexity index is 753. The smallest absolute Gasteiger partial charge is 0.144 e. The van der Waals surface area contributed by atoms with Crippen LogP contribution in [0.15, 0.2) is 0 Å². The zero-order chi connectivity index (χ0) is 24.5. The topological polar surface area (TPSA) is 98.0 Å². The van der Waals surface area contributed by atoms with E-state index in [4.69, 9.17) is 0 Å². The molecule has 0 saturated heterocycles. The summed E-state index contributed by atoms with van der Waals surface area (Å²) < 4.78 is 0. The molecule has 0 aromatic carbocycles. The molecule has 0 aromatic rings. The summed E-state index contributed by atoms with van der Waals surface area (Å²) >= 11 is 0. The van der Waals surface area contributed by atoms with E-state index in [1.54, 1.807) is 6.92 Å². The number of hydrogen-bond acceptors (Lipinski definition) is 5. The molecule has 0 bridgehead atoms. The highest BCUT2D eigenvalue weighted by Crippen LogP contribution is 2.68. The number of carbonyl (C=O) groups excluding carboxylic acids is 1. The van der Waals surface area contributed by atoms with Crippen LogP contribution in [0.2, 0.25) is 0 Å². The van der Waals surface area contributed by atoms with Gasteiger partial charge < -0.3 is 20.4 Å². The summed E-state index contributed by atoms with van der Waals surface area (Å²) in [7, 11) is 0. The Balaban J connectivity index is 1.61. The minimum atomic E-state index is -1.67. The molecule has 4 saturated carbocycles. The van der Waals surface area contributed by atoms with Crippen LogP contribution in [-0.2, 0) is 4.79 Å². The fourth-order valence-electron chi connectivity index (χ4n) is 9.25. The zero-order valence-corrected chi connectivity index (χ0v) is 21.6. The lowest BCUT2D eigenvalue weighted by Gasteiger charge is -2.65. The molecule has 4 aliphatic carbocycles. The third-order valence-electron chi connectivity index (χ3n) is 11.6. The van der Waals surface area contributed by atoms with E-state index in [-0.39, 0.29) is 35.9 Å². The van der Waals surface area contributed by atoms with E-state index < -0.39 is 29.3 Å². The van der Waals surface area contributed by atoms with Gasteiger partial charge in [0.05, 0.1) is 23.7 Å². The van der Waals surface area contributed by atoms with Crippen LogP contribution in [0.3, 0.4) is 0 Å². The van der Waals surface area contributed by atoms with Crippen molar-refractivity contribution in [2.24, 2.45) is 52.3 Å². The maximum Gasteiger partial charge on any atom is 0.144 e. The number of rotatable bonds is 5. The van der Waals surface area contributed by atoms with Crippen molar-refractivity contribution >= 4 is 5.78 Å². The van der Waals surface area contributed by atoms with E-state index in [0.29, 0.717) is 42.4 Å². The molecule has 4 N–H and O–H groups in total. The van der Waals surface area contributed by atoms with Gasteiger partial charge in [-0.1, -0.05) is 47.5 Å². The first-order valence-electron chi connectivity index (χ1n) is 13.6. The predicted octanol–water partition coefficient (Wildman–Crippen LogP) is 3.95. The van der Waals surface area contributed by atoms with Crippen molar-refractivity contribution in [1.82, 2.24) is 0 Å². The molecular formula is C28H48O5. The van der Waals surface area contributed by atoms with Crippen molar-refractivity contribution in [2.45, 2.75) is 117 Å². The van der Waals surface area contributed by atoms with Crippen LogP contribution in [-0.4, -0.2) is 50.1 Å². The fourth-order valence-corrected chi connectivity index (χ4v) is 9.25. The predicted molar refractivity (Wildman–Crippen MR) is 128 cm³/mol. The van der Waals surface area contributed by atoms with Gasteiger partial charge in [-0.25, -0.2) is 0 Å². The van der Waals surface area contributed by atoms with E-state index in [1.165, 1.54) is 12.8 Å². The average molecular weight is 465 g/mol. The van der Waals surface area contributed by atoms with Gasteiger partial charge in [-0.3, -0.25) is 4.79 Å². The highest BCUT2D eigenvalue weighted by molar-refractivity contribution is 5.88. The van der Waals surface area contributed by atoms with Gasteiger partial charge in [0.25, 0.3) is 0 Å². The first kappa shape index (κ1) is 25.6. The molecule has 12 atom stereocenters. The summed E-state index contributed by atoms with van der Waals surface area (Å²) in [5.41, 5.74) is -2.90. The Hall–Kier alpha value is -0.490. The molecule has 0 aliphatic heterocycles. The minimum Gasteiger partial charge on any atom is -0.393 e. The van der Waals surface area contributed by atoms with Crippen LogP contribution >= 0.6 is 0 Å². The summed E-state index contributed by atoms with van der Waals surface area (Å²) in [6, 6.07) is 0. The molecule has 0 unspecified atom stereocenters. The van der Waals surface area contributed by atoms with Crippen LogP contribution in [0.25, 0.3) is 0 Å². The first-order chi connectivity index (χ1) is 15.3. The summed E-state index contributed by atoms with van der Waals surface area (Å²) in [5.74, 6) is 2.31. The summed E-state index contributed by atoms with van der Waals surface area (Å²) in [6.45, 7) is 13.4. The summed E-state index contributed by atoms with van der Waals surface area (Å²) in [4.78, 5) is 13.3. The molecule has 4 rings (SSSR count). The molecule has 5 nitrogen and oxygen atoms in total. The van der Waals surface area contributed by atoms with Crippen molar-refractivity contribution in [3.63, 3.8) is 0 Å². The number of fused-ring (bicyclic) bond motifs is 5. The van der Waals surface area contributed by atoms with Gasteiger partial charge in [0.15, 0.2) is 0 Å². The van der Waals surface area contributed by atoms with Gasteiger partial charge in [0.1, 0.15) is 11.4 Å². The van der Waals surface area contributed by atoms with Gasteiger partial charge >= 0.3 is 0 Å². The Morgan fingerprint density at radius 1 is 1.00 bits per heavy atom. The molecule has 0 aromatic heterocycles. The van der Waals surface area contributed by atoms with Gasteiger partial charge in [-0.05, 0) is 73.5 Å². The number of hydrogen-bond donors (Lipinski definition) is 4. The highest BCUT2D eigenvalue weighted by atomic mass is 16.3. The number of aliphatic hydroxyl groups excluding tert-OH is 3. The molecule has 0 heterocycles. The Kier molecular flexibility index (Phi) is 6.65. The second-order valence-electron chi connectivity index (χ2n) is 13.4. The van der Waals surface area contributed by atoms with Gasteiger partial charge in [-0.2, -0.15) is 0 Å². The lowest BCUT2D eigenvalue weighted by atomic mass is 9.41. The van der Waals surface area contributed by atoms with E-state index in [9.17, 15) is 25.2 Å². The van der Waals surface area contributed by atoms with Crippen LogP contribution < -0.4 is 0 Å². The third kappa shape index (κ3) is 3.67. The van der Waals surface area contributed by atoms with Crippen molar-refractivity contribution in [3.8, 4) is 0 Å². The number of aliphatic hydroxyl groups is 4. The van der Waals surface area contributed by atoms with Crippen LogP contribution in [0.4, 0.5) is 0 Å². The Morgan fingerprint density at radius 2 is 1.67 bits per heavy atom. The van der Waals surface area contributed by atoms with Crippen molar-refractivity contribution in [3.05, 3.63) is 0 Å². The van der Waals surface area contributed by atoms with Gasteiger partial charge in [0, 0.05) is 18.8 Å². The summed E-state index contributed by atoms with van der Waals surface area (Å²) in [5, 5.41) is 44.6. The number of Topliss-reactive ketones (excluding diaryl/α,β-unsaturated/α-hetero) is 1. The molecule has 33 heavy (non-hydrogen) atoms. The largest absolute Gasteiger partial charge is 0.393 e. The van der Waals surface area contributed by atoms with E-state index in [1.807, 2.05) is 0 Å². The van der Waals surface area contributed by atoms with Crippen molar-refractivity contribution in [2.75, 3.05) is 0 Å². The SMILES string of the molecule is CC(C)[C@@H](C)CC[C@@H](C)[C@H]1CC[C@H]2[C@@H]3C[C@@H](O)[C@@]4(O)C[C@@H](O)CC(=O)[C@]4(C)[C@H]3[C@H](O)C[C@]12C. The minimum absolute atomic E-state index is 0.00196. The Labute approximate surface area is 200 Å². The molecule has 190 valence electrons. The van der Waals surface area contributed by atoms with E-state index in [2.05, 4.69) is 34.6 Å². The van der Waals surface area contributed by atoms with Crippen LogP contribution in [0, 0.1) is 52.3 Å². The normalized spacial score (nSPS) is 51.6. The van der Waals surface area contributed by atoms with Crippen LogP contribution in [0.5, 0.6) is 0 Å². The molecular weight excluding hydrogens is 416 g/mol. The molecule has 0 spiro atoms. The lowest BCUT2D eigenvalue weighted by molar-refractivity contribution is -0.268. The van der Waals surface area contributed by atoms with Crippen LogP contribution in [0.1, 0.15) is 92.9 Å². The fraction of sp³-hybridized carbons (Fsp3) is 0.964. The molecule has 0 radical (unpaired) electrons. The Morgan fingerprint density at radius 3 is 2.30 bits per heavy atom. The average Bonchev–Trinajstić information content (AvgIpc) is 3.05. The van der Waals surface area contributed by atoms with E-state index >= 15 is 0 Å². The third-order valence-corrected chi connectivity index (χ3v) is 11.6. The van der Waals surface area contributed by atoms with E-state index in [0.717, 1.165) is 12.8 Å². The number of ketones is 1. The van der Waals surface area contributed by atoms with Gasteiger partial charge in [-0.15, -0.1) is 0 Å². The summed E-state index contributed by atoms with van der Waals surface area (Å²) in [6.07, 6.45) is 3.03. The molecule has 5 heteroatoms. The highest BCUT2D eigenvalue weighted by Gasteiger charge is 2.72. The second-order valence-corrected chi connectivity index (χ2v) is 13.4. The van der Waals surface area contributed by atoms with Gasteiger partial charge in [0.2, 0.25) is 0 Å². The molecule has 4 aliphatic rings. The standard InChI is InChI=1S/C28H48O5/c1-15(2)16(3)7-8-17(4)20-9-10-21-19-12-24(32)28(33)13-18(29)11-23(31)27(28,6)25(19)22(30)14-26(20,21)5/h15-22,24-25,29-30,32-33H,7-14H2,1-6H3/t16-,17+,18-,19-,20+,21-,22+,24+,25+,26+,27+,28-/m0/s1. The zero-order valence-electron chi connectivity index (χ0n) is 21.6. The quantitative estimate of drug-likeness (QED) is 0.494. The first-order valence-corrected chi connectivity index (χ1v) is 13.6. The maximum absolute atomic E-state index is 13.3. The molecule has 0 amide bonds. The van der Waals surface area contributed by atoms with Crippen molar-refractivity contribution in [1.29, 1.82) is 0 Å². The lowest BCUT2D eigenvalue weighted by Crippen LogP contribution is -2.73. The molecule has 4 fully saturated rings. The van der Waals surface area contributed by atoms with Crippen molar-refractivity contribution < 1.29 is 25.2 Å². The maximum atomic E-state index is 13.3. The monoisotopic (exact) mass is 464 g/mol.